The highest BCUT2D eigenvalue weighted by molar-refractivity contribution is 5.94. The van der Waals surface area contributed by atoms with Crippen LogP contribution in [0.1, 0.15) is 23.6 Å². The number of fused-ring (bicyclic) bond motifs is 1. The highest BCUT2D eigenvalue weighted by Crippen LogP contribution is 2.41. The number of imidazole rings is 1. The molecule has 0 saturated carbocycles. The first-order valence-corrected chi connectivity index (χ1v) is 8.35. The van der Waals surface area contributed by atoms with Crippen molar-refractivity contribution in [2.75, 3.05) is 19.5 Å². The number of hydrogen-bond donors (Lipinski definition) is 1. The first kappa shape index (κ1) is 16.2. The summed E-state index contributed by atoms with van der Waals surface area (Å²) in [4.78, 5) is 17.0. The molecule has 3 aromatic rings. The summed E-state index contributed by atoms with van der Waals surface area (Å²) in [7, 11) is 3.23. The van der Waals surface area contributed by atoms with E-state index in [9.17, 15) is 4.79 Å². The standard InChI is InChI=1S/C20H19N3O3/c1-25-14-8-9-15(17(10-14)26-2)16-11-18(24)22-20-19(16)21-12-23(20)13-6-4-3-5-7-13/h3-10,12,16H,11H2,1-2H3,(H,22,24)/t16-/m1/s1. The van der Waals surface area contributed by atoms with Crippen LogP contribution < -0.4 is 14.8 Å². The lowest BCUT2D eigenvalue weighted by molar-refractivity contribution is -0.116. The summed E-state index contributed by atoms with van der Waals surface area (Å²) < 4.78 is 12.7. The maximum absolute atomic E-state index is 12.4. The summed E-state index contributed by atoms with van der Waals surface area (Å²) >= 11 is 0. The molecule has 4 rings (SSSR count). The smallest absolute Gasteiger partial charge is 0.226 e. The first-order chi connectivity index (χ1) is 12.7. The van der Waals surface area contributed by atoms with Crippen LogP contribution in [-0.2, 0) is 4.79 Å². The number of amides is 1. The largest absolute Gasteiger partial charge is 0.497 e. The molecule has 0 fully saturated rings. The van der Waals surface area contributed by atoms with Crippen molar-refractivity contribution in [1.29, 1.82) is 0 Å². The molecule has 2 heterocycles. The normalized spacial score (nSPS) is 15.9. The van der Waals surface area contributed by atoms with Gasteiger partial charge in [0.2, 0.25) is 5.91 Å². The average Bonchev–Trinajstić information content (AvgIpc) is 3.11. The van der Waals surface area contributed by atoms with E-state index in [4.69, 9.17) is 9.47 Å². The molecule has 2 aromatic carbocycles. The number of nitrogens with one attached hydrogen (secondary N) is 1. The van der Waals surface area contributed by atoms with Gasteiger partial charge in [-0.05, 0) is 18.2 Å². The third-order valence-electron chi connectivity index (χ3n) is 4.62. The molecule has 1 aliphatic rings. The number of aromatic nitrogens is 2. The molecule has 0 unspecified atom stereocenters. The number of nitrogens with zero attached hydrogens (tertiary/aromatic N) is 2. The lowest BCUT2D eigenvalue weighted by Crippen LogP contribution is -2.25. The number of carbonyl (C=O) groups is 1. The Morgan fingerprint density at radius 2 is 1.92 bits per heavy atom. The van der Waals surface area contributed by atoms with E-state index in [1.54, 1.807) is 20.5 Å². The number of carbonyl (C=O) groups excluding carboxylic acids is 1. The van der Waals surface area contributed by atoms with Crippen molar-refractivity contribution in [3.8, 4) is 17.2 Å². The number of benzene rings is 2. The lowest BCUT2D eigenvalue weighted by atomic mass is 9.89. The number of ether oxygens (including phenoxy) is 2. The van der Waals surface area contributed by atoms with Crippen LogP contribution in [0.15, 0.2) is 54.9 Å². The second-order valence-electron chi connectivity index (χ2n) is 6.10. The van der Waals surface area contributed by atoms with Gasteiger partial charge in [-0.25, -0.2) is 4.98 Å². The predicted molar refractivity (Wildman–Crippen MR) is 98.2 cm³/mol. The van der Waals surface area contributed by atoms with Crippen molar-refractivity contribution < 1.29 is 14.3 Å². The Labute approximate surface area is 151 Å². The summed E-state index contributed by atoms with van der Waals surface area (Å²) in [6.07, 6.45) is 2.07. The summed E-state index contributed by atoms with van der Waals surface area (Å²) in [5.74, 6) is 1.88. The Balaban J connectivity index is 1.82. The quantitative estimate of drug-likeness (QED) is 0.784. The Kier molecular flexibility index (Phi) is 4.08. The van der Waals surface area contributed by atoms with Crippen LogP contribution in [0.4, 0.5) is 5.82 Å². The molecule has 0 spiro atoms. The van der Waals surface area contributed by atoms with Crippen LogP contribution >= 0.6 is 0 Å². The van der Waals surface area contributed by atoms with Crippen LogP contribution in [0.25, 0.3) is 5.69 Å². The van der Waals surface area contributed by atoms with Crippen LogP contribution in [-0.4, -0.2) is 29.7 Å². The van der Waals surface area contributed by atoms with Crippen LogP contribution in [0.5, 0.6) is 11.5 Å². The SMILES string of the molecule is COc1ccc([C@H]2CC(=O)Nc3c2ncn3-c2ccccc2)c(OC)c1. The molecule has 132 valence electrons. The van der Waals surface area contributed by atoms with Gasteiger partial charge in [0.15, 0.2) is 0 Å². The summed E-state index contributed by atoms with van der Waals surface area (Å²) in [5, 5.41) is 2.96. The minimum atomic E-state index is -0.176. The molecular weight excluding hydrogens is 330 g/mol. The summed E-state index contributed by atoms with van der Waals surface area (Å²) in [6.45, 7) is 0. The number of rotatable bonds is 4. The number of para-hydroxylation sites is 1. The van der Waals surface area contributed by atoms with Gasteiger partial charge in [-0.3, -0.25) is 9.36 Å². The monoisotopic (exact) mass is 349 g/mol. The van der Waals surface area contributed by atoms with Gasteiger partial charge in [-0.1, -0.05) is 24.3 Å². The van der Waals surface area contributed by atoms with Crippen molar-refractivity contribution in [2.24, 2.45) is 0 Å². The van der Waals surface area contributed by atoms with E-state index in [0.717, 1.165) is 16.9 Å². The van der Waals surface area contributed by atoms with E-state index < -0.39 is 0 Å². The highest BCUT2D eigenvalue weighted by Gasteiger charge is 2.32. The molecule has 1 aliphatic heterocycles. The predicted octanol–water partition coefficient (Wildman–Crippen LogP) is 3.36. The molecule has 6 heteroatoms. The molecule has 6 nitrogen and oxygen atoms in total. The zero-order valence-electron chi connectivity index (χ0n) is 14.6. The third-order valence-corrected chi connectivity index (χ3v) is 4.62. The number of hydrogen-bond acceptors (Lipinski definition) is 4. The fourth-order valence-corrected chi connectivity index (χ4v) is 3.35. The van der Waals surface area contributed by atoms with E-state index in [-0.39, 0.29) is 11.8 Å². The molecule has 1 aromatic heterocycles. The Hall–Kier alpha value is -3.28. The second-order valence-corrected chi connectivity index (χ2v) is 6.10. The number of anilines is 1. The van der Waals surface area contributed by atoms with Gasteiger partial charge in [0.1, 0.15) is 23.6 Å². The molecule has 0 bridgehead atoms. The molecule has 0 saturated heterocycles. The zero-order valence-corrected chi connectivity index (χ0v) is 14.6. The molecule has 1 N–H and O–H groups in total. The Morgan fingerprint density at radius 3 is 2.65 bits per heavy atom. The van der Waals surface area contributed by atoms with E-state index in [1.807, 2.05) is 53.1 Å². The Morgan fingerprint density at radius 1 is 1.12 bits per heavy atom. The van der Waals surface area contributed by atoms with Gasteiger partial charge in [0, 0.05) is 29.7 Å². The van der Waals surface area contributed by atoms with Gasteiger partial charge in [-0.15, -0.1) is 0 Å². The van der Waals surface area contributed by atoms with Crippen molar-refractivity contribution in [3.63, 3.8) is 0 Å². The maximum atomic E-state index is 12.4. The van der Waals surface area contributed by atoms with Gasteiger partial charge < -0.3 is 14.8 Å². The van der Waals surface area contributed by atoms with Crippen molar-refractivity contribution in [3.05, 3.63) is 66.1 Å². The average molecular weight is 349 g/mol. The molecular formula is C20H19N3O3. The molecule has 1 atom stereocenters. The summed E-state index contributed by atoms with van der Waals surface area (Å²) in [6, 6.07) is 15.5. The maximum Gasteiger partial charge on any atom is 0.226 e. The lowest BCUT2D eigenvalue weighted by Gasteiger charge is -2.25. The van der Waals surface area contributed by atoms with Gasteiger partial charge in [0.25, 0.3) is 0 Å². The minimum Gasteiger partial charge on any atom is -0.497 e. The molecule has 0 radical (unpaired) electrons. The van der Waals surface area contributed by atoms with Crippen LogP contribution in [0.2, 0.25) is 0 Å². The zero-order chi connectivity index (χ0) is 18.1. The van der Waals surface area contributed by atoms with Gasteiger partial charge in [0.05, 0.1) is 19.9 Å². The third kappa shape index (κ3) is 2.69. The van der Waals surface area contributed by atoms with E-state index in [1.165, 1.54) is 0 Å². The summed E-state index contributed by atoms with van der Waals surface area (Å²) in [5.41, 5.74) is 2.70. The minimum absolute atomic E-state index is 0.0435. The van der Waals surface area contributed by atoms with Gasteiger partial charge >= 0.3 is 0 Å². The van der Waals surface area contributed by atoms with E-state index >= 15 is 0 Å². The molecule has 26 heavy (non-hydrogen) atoms. The van der Waals surface area contributed by atoms with Gasteiger partial charge in [-0.2, -0.15) is 0 Å². The topological polar surface area (TPSA) is 65.4 Å². The highest BCUT2D eigenvalue weighted by atomic mass is 16.5. The Bertz CT molecular complexity index is 950. The molecule has 0 aliphatic carbocycles. The fourth-order valence-electron chi connectivity index (χ4n) is 3.35. The van der Waals surface area contributed by atoms with Crippen molar-refractivity contribution in [2.45, 2.75) is 12.3 Å². The fraction of sp³-hybridized carbons (Fsp3) is 0.200. The van der Waals surface area contributed by atoms with Crippen LogP contribution in [0, 0.1) is 0 Å². The first-order valence-electron chi connectivity index (χ1n) is 8.35. The molecule has 1 amide bonds. The van der Waals surface area contributed by atoms with E-state index in [0.29, 0.717) is 23.7 Å². The second kappa shape index (κ2) is 6.55. The van der Waals surface area contributed by atoms with Crippen molar-refractivity contribution >= 4 is 11.7 Å². The van der Waals surface area contributed by atoms with Crippen molar-refractivity contribution in [1.82, 2.24) is 9.55 Å². The van der Waals surface area contributed by atoms with E-state index in [2.05, 4.69) is 10.3 Å². The van der Waals surface area contributed by atoms with Crippen LogP contribution in [0.3, 0.4) is 0 Å². The number of methoxy groups -OCH3 is 2.